The summed E-state index contributed by atoms with van der Waals surface area (Å²) >= 11 is 0. The Morgan fingerprint density at radius 3 is 1.84 bits per heavy atom. The van der Waals surface area contributed by atoms with Crippen LogP contribution in [0, 0.1) is 0 Å². The van der Waals surface area contributed by atoms with Gasteiger partial charge in [0.15, 0.2) is 0 Å². The normalized spacial score (nSPS) is 15.3. The molecule has 1 fully saturated rings. The summed E-state index contributed by atoms with van der Waals surface area (Å²) in [4.78, 5) is 42.3. The van der Waals surface area contributed by atoms with Gasteiger partial charge in [-0.15, -0.1) is 0 Å². The molecule has 12 nitrogen and oxygen atoms in total. The van der Waals surface area contributed by atoms with E-state index >= 15 is 0 Å². The first-order chi connectivity index (χ1) is 20.1. The van der Waals surface area contributed by atoms with Gasteiger partial charge in [-0.1, -0.05) is 6.07 Å². The van der Waals surface area contributed by atoms with Crippen molar-refractivity contribution in [2.45, 2.75) is 51.0 Å². The molecule has 0 saturated carbocycles. The lowest BCUT2D eigenvalue weighted by molar-refractivity contribution is -0.193. The zero-order valence-corrected chi connectivity index (χ0v) is 22.6. The van der Waals surface area contributed by atoms with E-state index in [9.17, 15) is 39.5 Å². The molecule has 1 saturated heterocycles. The van der Waals surface area contributed by atoms with Gasteiger partial charge in [-0.25, -0.2) is 24.4 Å². The number of aliphatic carboxylic acids is 3. The van der Waals surface area contributed by atoms with Gasteiger partial charge in [-0.2, -0.15) is 39.5 Å². The molecule has 1 unspecified atom stereocenters. The summed E-state index contributed by atoms with van der Waals surface area (Å²) in [7, 11) is 0. The molecule has 44 heavy (non-hydrogen) atoms. The van der Waals surface area contributed by atoms with Gasteiger partial charge in [0.05, 0.1) is 19.3 Å². The molecule has 1 atom stereocenters. The number of morpholine rings is 1. The summed E-state index contributed by atoms with van der Waals surface area (Å²) in [5.74, 6) is -6.63. The quantitative estimate of drug-likeness (QED) is 0.339. The lowest BCUT2D eigenvalue weighted by Gasteiger charge is -2.37. The van der Waals surface area contributed by atoms with Crippen LogP contribution in [0.1, 0.15) is 31.3 Å². The Balaban J connectivity index is 0.000000721. The Bertz CT molecular complexity index is 1120. The highest BCUT2D eigenvalue weighted by Gasteiger charge is 2.39. The number of nitrogens with one attached hydrogen (secondary N) is 1. The fourth-order valence-electron chi connectivity index (χ4n) is 2.79. The Hall–Kier alpha value is -4.27. The predicted molar refractivity (Wildman–Crippen MR) is 130 cm³/mol. The maximum atomic E-state index is 10.6. The molecule has 3 heterocycles. The van der Waals surface area contributed by atoms with Crippen molar-refractivity contribution < 1.29 is 74.0 Å². The molecule has 0 amide bonds. The van der Waals surface area contributed by atoms with Crippen LogP contribution in [0.15, 0.2) is 36.8 Å². The number of aromatic nitrogens is 3. The topological polar surface area (TPSA) is 175 Å². The second kappa shape index (κ2) is 17.8. The maximum Gasteiger partial charge on any atom is 0.490 e. The molecule has 0 aliphatic carbocycles. The maximum absolute atomic E-state index is 10.6. The van der Waals surface area contributed by atoms with E-state index in [0.29, 0.717) is 19.2 Å². The molecule has 248 valence electrons. The van der Waals surface area contributed by atoms with Crippen molar-refractivity contribution in [2.24, 2.45) is 0 Å². The molecule has 2 aromatic heterocycles. The van der Waals surface area contributed by atoms with Gasteiger partial charge in [-0.3, -0.25) is 9.88 Å². The van der Waals surface area contributed by atoms with Crippen molar-refractivity contribution in [3.8, 4) is 0 Å². The van der Waals surface area contributed by atoms with Crippen molar-refractivity contribution in [1.29, 1.82) is 0 Å². The number of carboxylic acids is 3. The van der Waals surface area contributed by atoms with E-state index in [1.807, 2.05) is 24.4 Å². The minimum Gasteiger partial charge on any atom is -0.475 e. The van der Waals surface area contributed by atoms with Crippen LogP contribution in [0.2, 0.25) is 0 Å². The van der Waals surface area contributed by atoms with Crippen LogP contribution >= 0.6 is 0 Å². The second-order valence-corrected chi connectivity index (χ2v) is 8.35. The highest BCUT2D eigenvalue weighted by atomic mass is 19.4. The first kappa shape index (κ1) is 39.7. The second-order valence-electron chi connectivity index (χ2n) is 8.35. The molecule has 3 rings (SSSR count). The molecular formula is C23H26F9N5O7. The highest BCUT2D eigenvalue weighted by Crippen LogP contribution is 2.24. The minimum absolute atomic E-state index is 0.115. The summed E-state index contributed by atoms with van der Waals surface area (Å²) < 4.78 is 101. The van der Waals surface area contributed by atoms with E-state index in [0.717, 1.165) is 30.4 Å². The summed E-state index contributed by atoms with van der Waals surface area (Å²) in [6.07, 6.45) is -9.82. The number of alkyl halides is 9. The number of hydrogen-bond donors (Lipinski definition) is 4. The van der Waals surface area contributed by atoms with Crippen LogP contribution in [0.3, 0.4) is 0 Å². The van der Waals surface area contributed by atoms with Gasteiger partial charge in [-0.05, 0) is 31.5 Å². The molecule has 1 aliphatic heterocycles. The van der Waals surface area contributed by atoms with Crippen LogP contribution in [0.4, 0.5) is 45.3 Å². The van der Waals surface area contributed by atoms with Crippen molar-refractivity contribution in [3.63, 3.8) is 0 Å². The number of carbonyl (C=O) groups is 3. The van der Waals surface area contributed by atoms with E-state index in [1.165, 1.54) is 0 Å². The Morgan fingerprint density at radius 1 is 0.932 bits per heavy atom. The smallest absolute Gasteiger partial charge is 0.475 e. The number of carboxylic acid groups (broad SMARTS) is 3. The molecule has 21 heteroatoms. The molecule has 1 aliphatic rings. The van der Waals surface area contributed by atoms with E-state index in [1.54, 1.807) is 12.4 Å². The fourth-order valence-corrected chi connectivity index (χ4v) is 2.79. The number of ether oxygens (including phenoxy) is 1. The van der Waals surface area contributed by atoms with Crippen LogP contribution in [-0.4, -0.2) is 97.4 Å². The fraction of sp³-hybridized carbons (Fsp3) is 0.478. The van der Waals surface area contributed by atoms with Gasteiger partial charge in [0.2, 0.25) is 0 Å². The van der Waals surface area contributed by atoms with E-state index in [-0.39, 0.29) is 6.04 Å². The van der Waals surface area contributed by atoms with E-state index in [2.05, 4.69) is 39.0 Å². The molecular weight excluding hydrogens is 629 g/mol. The lowest BCUT2D eigenvalue weighted by atomic mass is 10.1. The van der Waals surface area contributed by atoms with Gasteiger partial charge >= 0.3 is 36.4 Å². The average Bonchev–Trinajstić information content (AvgIpc) is 2.92. The van der Waals surface area contributed by atoms with Gasteiger partial charge < -0.3 is 25.4 Å². The summed E-state index contributed by atoms with van der Waals surface area (Å²) in [6, 6.07) is 6.42. The number of rotatable bonds is 5. The summed E-state index contributed by atoms with van der Waals surface area (Å²) in [5, 5.41) is 24.7. The van der Waals surface area contributed by atoms with Crippen molar-refractivity contribution >= 4 is 23.7 Å². The molecule has 0 radical (unpaired) electrons. The Labute approximate surface area is 242 Å². The largest absolute Gasteiger partial charge is 0.490 e. The molecule has 0 aromatic carbocycles. The SMILES string of the molecule is CC(C)N1CCOCC1c1nccc(NCc2cccnc2)n1.O=C(O)C(F)(F)F.O=C(O)C(F)(F)F.O=C(O)C(F)(F)F. The number of halogens is 9. The molecule has 4 N–H and O–H groups in total. The van der Waals surface area contributed by atoms with Crippen molar-refractivity contribution in [2.75, 3.05) is 25.1 Å². The molecule has 0 bridgehead atoms. The van der Waals surface area contributed by atoms with Crippen molar-refractivity contribution in [1.82, 2.24) is 19.9 Å². The minimum atomic E-state index is -5.08. The van der Waals surface area contributed by atoms with Crippen LogP contribution in [0.25, 0.3) is 0 Å². The Morgan fingerprint density at radius 2 is 1.43 bits per heavy atom. The summed E-state index contributed by atoms with van der Waals surface area (Å²) in [6.45, 7) is 7.42. The third-order valence-corrected chi connectivity index (χ3v) is 4.73. The van der Waals surface area contributed by atoms with Gasteiger partial charge in [0, 0.05) is 37.7 Å². The van der Waals surface area contributed by atoms with Gasteiger partial charge in [0.25, 0.3) is 0 Å². The first-order valence-electron chi connectivity index (χ1n) is 11.8. The monoisotopic (exact) mass is 655 g/mol. The number of hydrogen-bond acceptors (Lipinski definition) is 9. The van der Waals surface area contributed by atoms with Gasteiger partial charge in [0.1, 0.15) is 11.6 Å². The lowest BCUT2D eigenvalue weighted by Crippen LogP contribution is -2.44. The summed E-state index contributed by atoms with van der Waals surface area (Å²) in [5.41, 5.74) is 1.12. The average molecular weight is 655 g/mol. The Kier molecular flexibility index (Phi) is 16.0. The molecule has 2 aromatic rings. The highest BCUT2D eigenvalue weighted by molar-refractivity contribution is 5.73. The van der Waals surface area contributed by atoms with Crippen LogP contribution in [-0.2, 0) is 25.7 Å². The number of anilines is 1. The van der Waals surface area contributed by atoms with E-state index < -0.39 is 36.4 Å². The van der Waals surface area contributed by atoms with E-state index in [4.69, 9.17) is 34.4 Å². The number of pyridine rings is 1. The zero-order chi connectivity index (χ0) is 34.3. The van der Waals surface area contributed by atoms with Crippen molar-refractivity contribution in [3.05, 3.63) is 48.2 Å². The third kappa shape index (κ3) is 16.4. The van der Waals surface area contributed by atoms with Crippen LogP contribution < -0.4 is 5.32 Å². The molecule has 0 spiro atoms. The van der Waals surface area contributed by atoms with Crippen LogP contribution in [0.5, 0.6) is 0 Å². The standard InChI is InChI=1S/C17H23N5O.3C2HF3O2/c1-13(2)22-8-9-23-12-15(22)17-19-7-5-16(21-17)20-11-14-4-3-6-18-10-14;3*3-2(4,5)1(6)7/h3-7,10,13,15H,8-9,11-12H2,1-2H3,(H,19,20,21);3*(H,6,7). The predicted octanol–water partition coefficient (Wildman–Crippen LogP) is 4.17. The first-order valence-corrected chi connectivity index (χ1v) is 11.8. The number of nitrogens with zero attached hydrogens (tertiary/aromatic N) is 4. The zero-order valence-electron chi connectivity index (χ0n) is 22.6. The third-order valence-electron chi connectivity index (χ3n) is 4.73.